The van der Waals surface area contributed by atoms with Crippen LogP contribution in [0.3, 0.4) is 0 Å². The SMILES string of the molecule is C/C=C(/c1ccc(OCCC(C)C)cc1)C(C)(C)C. The summed E-state index contributed by atoms with van der Waals surface area (Å²) >= 11 is 0. The van der Waals surface area contributed by atoms with Crippen LogP contribution >= 0.6 is 0 Å². The summed E-state index contributed by atoms with van der Waals surface area (Å²) in [6.45, 7) is 14.1. The Labute approximate surface area is 118 Å². The van der Waals surface area contributed by atoms with Gasteiger partial charge in [0.15, 0.2) is 0 Å². The lowest BCUT2D eigenvalue weighted by Crippen LogP contribution is -2.08. The van der Waals surface area contributed by atoms with Gasteiger partial charge < -0.3 is 4.74 Å². The molecular formula is C18H28O. The highest BCUT2D eigenvalue weighted by Crippen LogP contribution is 2.34. The molecule has 0 aliphatic carbocycles. The van der Waals surface area contributed by atoms with Gasteiger partial charge in [-0.15, -0.1) is 0 Å². The lowest BCUT2D eigenvalue weighted by molar-refractivity contribution is 0.289. The van der Waals surface area contributed by atoms with Crippen molar-refractivity contribution in [2.24, 2.45) is 11.3 Å². The molecule has 0 aliphatic rings. The fraction of sp³-hybridized carbons (Fsp3) is 0.556. The molecule has 1 heteroatoms. The number of ether oxygens (including phenoxy) is 1. The molecule has 1 rings (SSSR count). The summed E-state index contributed by atoms with van der Waals surface area (Å²) in [5, 5.41) is 0. The first-order chi connectivity index (χ1) is 8.84. The molecule has 0 amide bonds. The molecular weight excluding hydrogens is 232 g/mol. The number of benzene rings is 1. The van der Waals surface area contributed by atoms with Gasteiger partial charge in [-0.25, -0.2) is 0 Å². The molecule has 0 radical (unpaired) electrons. The largest absolute Gasteiger partial charge is 0.494 e. The number of hydrogen-bond acceptors (Lipinski definition) is 1. The first-order valence-electron chi connectivity index (χ1n) is 7.24. The highest BCUT2D eigenvalue weighted by Gasteiger charge is 2.17. The van der Waals surface area contributed by atoms with Gasteiger partial charge in [0.25, 0.3) is 0 Å². The molecule has 0 aliphatic heterocycles. The van der Waals surface area contributed by atoms with E-state index in [1.54, 1.807) is 0 Å². The highest BCUT2D eigenvalue weighted by atomic mass is 16.5. The third-order valence-corrected chi connectivity index (χ3v) is 3.23. The summed E-state index contributed by atoms with van der Waals surface area (Å²) in [6, 6.07) is 8.46. The second kappa shape index (κ2) is 6.79. The Morgan fingerprint density at radius 3 is 2.16 bits per heavy atom. The molecule has 1 nitrogen and oxygen atoms in total. The van der Waals surface area contributed by atoms with E-state index in [1.165, 1.54) is 11.1 Å². The van der Waals surface area contributed by atoms with Gasteiger partial charge in [0.05, 0.1) is 6.61 Å². The van der Waals surface area contributed by atoms with Crippen molar-refractivity contribution in [3.63, 3.8) is 0 Å². The minimum Gasteiger partial charge on any atom is -0.494 e. The molecule has 0 bridgehead atoms. The summed E-state index contributed by atoms with van der Waals surface area (Å²) < 4.78 is 5.75. The topological polar surface area (TPSA) is 9.23 Å². The minimum atomic E-state index is 0.175. The van der Waals surface area contributed by atoms with Crippen LogP contribution in [-0.2, 0) is 0 Å². The summed E-state index contributed by atoms with van der Waals surface area (Å²) in [6.07, 6.45) is 3.30. The monoisotopic (exact) mass is 260 g/mol. The van der Waals surface area contributed by atoms with Gasteiger partial charge in [0.2, 0.25) is 0 Å². The van der Waals surface area contributed by atoms with Crippen molar-refractivity contribution < 1.29 is 4.74 Å². The molecule has 0 aromatic heterocycles. The Kier molecular flexibility index (Phi) is 5.65. The van der Waals surface area contributed by atoms with E-state index in [-0.39, 0.29) is 5.41 Å². The molecule has 0 N–H and O–H groups in total. The lowest BCUT2D eigenvalue weighted by Gasteiger charge is -2.23. The van der Waals surface area contributed by atoms with Crippen LogP contribution in [0.5, 0.6) is 5.75 Å². The third-order valence-electron chi connectivity index (χ3n) is 3.23. The molecule has 0 unspecified atom stereocenters. The average Bonchev–Trinajstić information content (AvgIpc) is 2.30. The zero-order valence-electron chi connectivity index (χ0n) is 13.3. The van der Waals surface area contributed by atoms with E-state index in [9.17, 15) is 0 Å². The van der Waals surface area contributed by atoms with E-state index in [1.807, 2.05) is 0 Å². The lowest BCUT2D eigenvalue weighted by atomic mass is 9.82. The van der Waals surface area contributed by atoms with Crippen molar-refractivity contribution in [1.29, 1.82) is 0 Å². The fourth-order valence-electron chi connectivity index (χ4n) is 2.18. The molecule has 0 spiro atoms. The average molecular weight is 260 g/mol. The first kappa shape index (κ1) is 15.8. The number of hydrogen-bond donors (Lipinski definition) is 0. The van der Waals surface area contributed by atoms with Crippen LogP contribution in [-0.4, -0.2) is 6.61 Å². The summed E-state index contributed by atoms with van der Waals surface area (Å²) in [7, 11) is 0. The minimum absolute atomic E-state index is 0.175. The van der Waals surface area contributed by atoms with Gasteiger partial charge in [-0.1, -0.05) is 52.8 Å². The number of rotatable bonds is 5. The van der Waals surface area contributed by atoms with Crippen LogP contribution < -0.4 is 4.74 Å². The van der Waals surface area contributed by atoms with E-state index < -0.39 is 0 Å². The van der Waals surface area contributed by atoms with Crippen LogP contribution in [0.1, 0.15) is 53.5 Å². The smallest absolute Gasteiger partial charge is 0.119 e. The van der Waals surface area contributed by atoms with Crippen molar-refractivity contribution in [3.05, 3.63) is 35.9 Å². The summed E-state index contributed by atoms with van der Waals surface area (Å²) in [5.41, 5.74) is 2.84. The maximum atomic E-state index is 5.75. The normalized spacial score (nSPS) is 12.9. The van der Waals surface area contributed by atoms with Crippen LogP contribution in [0.2, 0.25) is 0 Å². The Balaban J connectivity index is 2.71. The van der Waals surface area contributed by atoms with Crippen LogP contribution in [0.4, 0.5) is 0 Å². The molecule has 0 saturated heterocycles. The Morgan fingerprint density at radius 1 is 1.16 bits per heavy atom. The van der Waals surface area contributed by atoms with Gasteiger partial charge >= 0.3 is 0 Å². The van der Waals surface area contributed by atoms with Gasteiger partial charge in [-0.2, -0.15) is 0 Å². The predicted molar refractivity (Wildman–Crippen MR) is 84.5 cm³/mol. The maximum Gasteiger partial charge on any atom is 0.119 e. The van der Waals surface area contributed by atoms with E-state index >= 15 is 0 Å². The van der Waals surface area contributed by atoms with E-state index in [2.05, 4.69) is 71.9 Å². The maximum absolute atomic E-state index is 5.75. The van der Waals surface area contributed by atoms with E-state index in [0.29, 0.717) is 5.92 Å². The van der Waals surface area contributed by atoms with Crippen molar-refractivity contribution >= 4 is 5.57 Å². The zero-order valence-corrected chi connectivity index (χ0v) is 13.3. The van der Waals surface area contributed by atoms with Crippen molar-refractivity contribution in [1.82, 2.24) is 0 Å². The van der Waals surface area contributed by atoms with Crippen LogP contribution in [0, 0.1) is 11.3 Å². The van der Waals surface area contributed by atoms with Gasteiger partial charge in [0, 0.05) is 0 Å². The highest BCUT2D eigenvalue weighted by molar-refractivity contribution is 5.69. The van der Waals surface area contributed by atoms with Crippen molar-refractivity contribution in [2.45, 2.75) is 48.0 Å². The van der Waals surface area contributed by atoms with Crippen LogP contribution in [0.25, 0.3) is 5.57 Å². The standard InChI is InChI=1S/C18H28O/c1-7-17(18(4,5)6)15-8-10-16(11-9-15)19-13-12-14(2)3/h7-11,14H,12-13H2,1-6H3/b17-7-. The van der Waals surface area contributed by atoms with E-state index in [0.717, 1.165) is 18.8 Å². The molecule has 0 heterocycles. The quantitative estimate of drug-likeness (QED) is 0.673. The van der Waals surface area contributed by atoms with Crippen LogP contribution in [0.15, 0.2) is 30.3 Å². The molecule has 1 aromatic carbocycles. The van der Waals surface area contributed by atoms with Gasteiger partial charge in [0.1, 0.15) is 5.75 Å². The van der Waals surface area contributed by atoms with E-state index in [4.69, 9.17) is 4.74 Å². The first-order valence-corrected chi connectivity index (χ1v) is 7.24. The Hall–Kier alpha value is -1.24. The van der Waals surface area contributed by atoms with Gasteiger partial charge in [-0.05, 0) is 47.9 Å². The Morgan fingerprint density at radius 2 is 1.74 bits per heavy atom. The number of allylic oxidation sites excluding steroid dienone is 2. The zero-order chi connectivity index (χ0) is 14.5. The molecule has 0 saturated carbocycles. The molecule has 106 valence electrons. The summed E-state index contributed by atoms with van der Waals surface area (Å²) in [5.74, 6) is 1.66. The molecule has 0 atom stereocenters. The second-order valence-electron chi connectivity index (χ2n) is 6.51. The third kappa shape index (κ3) is 5.10. The van der Waals surface area contributed by atoms with Crippen molar-refractivity contribution in [3.8, 4) is 5.75 Å². The predicted octanol–water partition coefficient (Wildman–Crippen LogP) is 5.56. The van der Waals surface area contributed by atoms with Crippen molar-refractivity contribution in [2.75, 3.05) is 6.61 Å². The van der Waals surface area contributed by atoms with Gasteiger partial charge in [-0.3, -0.25) is 0 Å². The molecule has 19 heavy (non-hydrogen) atoms. The summed E-state index contributed by atoms with van der Waals surface area (Å²) in [4.78, 5) is 0. The fourth-order valence-corrected chi connectivity index (χ4v) is 2.18. The second-order valence-corrected chi connectivity index (χ2v) is 6.51. The Bertz CT molecular complexity index is 404. The molecule has 1 aromatic rings. The molecule has 0 fully saturated rings.